The molecule has 0 aromatic carbocycles. The zero-order valence-corrected chi connectivity index (χ0v) is 13.1. The first-order chi connectivity index (χ1) is 9.23. The number of rotatable bonds is 6. The Morgan fingerprint density at radius 1 is 1.21 bits per heavy atom. The Bertz CT molecular complexity index is 257. The third kappa shape index (κ3) is 3.32. The second-order valence-corrected chi connectivity index (χ2v) is 6.50. The second-order valence-electron chi connectivity index (χ2n) is 6.50. The van der Waals surface area contributed by atoms with Crippen molar-refractivity contribution < 1.29 is 4.74 Å². The third-order valence-corrected chi connectivity index (χ3v) is 5.44. The number of hydrogen-bond donors (Lipinski definition) is 1. The molecule has 2 atom stereocenters. The van der Waals surface area contributed by atoms with Crippen LogP contribution in [0.1, 0.15) is 52.4 Å². The minimum absolute atomic E-state index is 0.405. The number of hydrogen-bond acceptors (Lipinski definition) is 3. The van der Waals surface area contributed by atoms with E-state index in [0.717, 1.165) is 32.2 Å². The van der Waals surface area contributed by atoms with Crippen molar-refractivity contribution in [2.75, 3.05) is 33.4 Å². The summed E-state index contributed by atoms with van der Waals surface area (Å²) >= 11 is 0. The summed E-state index contributed by atoms with van der Waals surface area (Å²) < 4.78 is 5.56. The molecule has 0 aromatic heterocycles. The molecule has 0 amide bonds. The largest absolute Gasteiger partial charge is 0.379 e. The van der Waals surface area contributed by atoms with Crippen LogP contribution in [0.2, 0.25) is 0 Å². The van der Waals surface area contributed by atoms with E-state index in [9.17, 15) is 0 Å². The van der Waals surface area contributed by atoms with Gasteiger partial charge in [0, 0.05) is 24.7 Å². The van der Waals surface area contributed by atoms with Gasteiger partial charge in [-0.3, -0.25) is 4.90 Å². The molecule has 112 valence electrons. The van der Waals surface area contributed by atoms with Crippen molar-refractivity contribution in [1.29, 1.82) is 0 Å². The molecule has 19 heavy (non-hydrogen) atoms. The molecule has 2 unspecified atom stereocenters. The summed E-state index contributed by atoms with van der Waals surface area (Å²) in [6.45, 7) is 8.79. The summed E-state index contributed by atoms with van der Waals surface area (Å²) in [6, 6.07) is 0.642. The maximum absolute atomic E-state index is 5.56. The van der Waals surface area contributed by atoms with Gasteiger partial charge in [0.2, 0.25) is 0 Å². The Hall–Kier alpha value is -0.120. The molecule has 2 aliphatic rings. The zero-order chi connectivity index (χ0) is 13.7. The summed E-state index contributed by atoms with van der Waals surface area (Å²) in [5.74, 6) is 0.816. The summed E-state index contributed by atoms with van der Waals surface area (Å²) in [7, 11) is 2.16. The Morgan fingerprint density at radius 2 is 1.84 bits per heavy atom. The van der Waals surface area contributed by atoms with Crippen LogP contribution >= 0.6 is 0 Å². The SMILES string of the molecule is CCC(C)CC(NC)C1(N2CCOCC2)CCCC1. The van der Waals surface area contributed by atoms with Gasteiger partial charge >= 0.3 is 0 Å². The fourth-order valence-corrected chi connectivity index (χ4v) is 4.06. The average molecular weight is 268 g/mol. The second kappa shape index (κ2) is 7.05. The van der Waals surface area contributed by atoms with E-state index in [-0.39, 0.29) is 0 Å². The molecule has 0 aromatic rings. The highest BCUT2D eigenvalue weighted by atomic mass is 16.5. The molecule has 1 aliphatic carbocycles. The monoisotopic (exact) mass is 268 g/mol. The molecule has 1 heterocycles. The van der Waals surface area contributed by atoms with Crippen LogP contribution in [-0.4, -0.2) is 49.8 Å². The average Bonchev–Trinajstić information content (AvgIpc) is 2.96. The van der Waals surface area contributed by atoms with E-state index in [1.165, 1.54) is 38.5 Å². The van der Waals surface area contributed by atoms with Gasteiger partial charge in [-0.15, -0.1) is 0 Å². The van der Waals surface area contributed by atoms with Crippen LogP contribution in [-0.2, 0) is 4.74 Å². The number of morpholine rings is 1. The highest BCUT2D eigenvalue weighted by molar-refractivity contribution is 5.04. The normalized spacial score (nSPS) is 27.3. The molecule has 1 saturated carbocycles. The number of likely N-dealkylation sites (N-methyl/N-ethyl adjacent to an activating group) is 1. The van der Waals surface area contributed by atoms with Gasteiger partial charge in [-0.1, -0.05) is 33.1 Å². The van der Waals surface area contributed by atoms with Gasteiger partial charge in [-0.25, -0.2) is 0 Å². The van der Waals surface area contributed by atoms with Crippen LogP contribution in [0.5, 0.6) is 0 Å². The van der Waals surface area contributed by atoms with E-state index in [2.05, 4.69) is 31.1 Å². The van der Waals surface area contributed by atoms with Crippen molar-refractivity contribution >= 4 is 0 Å². The number of nitrogens with zero attached hydrogens (tertiary/aromatic N) is 1. The molecular formula is C16H32N2O. The molecule has 1 aliphatic heterocycles. The summed E-state index contributed by atoms with van der Waals surface area (Å²) in [5.41, 5.74) is 0.405. The first kappa shape index (κ1) is 15.3. The maximum Gasteiger partial charge on any atom is 0.0594 e. The molecule has 0 radical (unpaired) electrons. The third-order valence-electron chi connectivity index (χ3n) is 5.44. The van der Waals surface area contributed by atoms with Gasteiger partial charge < -0.3 is 10.1 Å². The van der Waals surface area contributed by atoms with Gasteiger partial charge in [-0.2, -0.15) is 0 Å². The maximum atomic E-state index is 5.56. The van der Waals surface area contributed by atoms with Crippen molar-refractivity contribution in [1.82, 2.24) is 10.2 Å². The van der Waals surface area contributed by atoms with Crippen molar-refractivity contribution in [3.63, 3.8) is 0 Å². The lowest BCUT2D eigenvalue weighted by Crippen LogP contribution is -2.62. The summed E-state index contributed by atoms with van der Waals surface area (Å²) in [5, 5.41) is 3.66. The van der Waals surface area contributed by atoms with Crippen LogP contribution in [0.15, 0.2) is 0 Å². The van der Waals surface area contributed by atoms with Gasteiger partial charge in [0.05, 0.1) is 13.2 Å². The highest BCUT2D eigenvalue weighted by Crippen LogP contribution is 2.40. The van der Waals surface area contributed by atoms with Gasteiger partial charge in [0.25, 0.3) is 0 Å². The fourth-order valence-electron chi connectivity index (χ4n) is 4.06. The predicted octanol–water partition coefficient (Wildman–Crippen LogP) is 2.66. The lowest BCUT2D eigenvalue weighted by Gasteiger charge is -2.49. The summed E-state index contributed by atoms with van der Waals surface area (Å²) in [6.07, 6.45) is 8.14. The predicted molar refractivity (Wildman–Crippen MR) is 80.5 cm³/mol. The summed E-state index contributed by atoms with van der Waals surface area (Å²) in [4.78, 5) is 2.74. The molecule has 0 bridgehead atoms. The van der Waals surface area contributed by atoms with E-state index in [1.54, 1.807) is 0 Å². The molecular weight excluding hydrogens is 236 g/mol. The number of ether oxygens (including phenoxy) is 1. The molecule has 1 saturated heterocycles. The molecule has 2 fully saturated rings. The van der Waals surface area contributed by atoms with Crippen molar-refractivity contribution in [2.45, 2.75) is 64.0 Å². The first-order valence-corrected chi connectivity index (χ1v) is 8.23. The van der Waals surface area contributed by atoms with Crippen LogP contribution in [0.3, 0.4) is 0 Å². The van der Waals surface area contributed by atoms with E-state index >= 15 is 0 Å². The lowest BCUT2D eigenvalue weighted by molar-refractivity contribution is -0.0377. The van der Waals surface area contributed by atoms with Crippen molar-refractivity contribution in [3.05, 3.63) is 0 Å². The van der Waals surface area contributed by atoms with Crippen molar-refractivity contribution in [3.8, 4) is 0 Å². The van der Waals surface area contributed by atoms with E-state index in [0.29, 0.717) is 11.6 Å². The Kier molecular flexibility index (Phi) is 5.67. The van der Waals surface area contributed by atoms with E-state index < -0.39 is 0 Å². The first-order valence-electron chi connectivity index (χ1n) is 8.23. The molecule has 3 nitrogen and oxygen atoms in total. The van der Waals surface area contributed by atoms with Gasteiger partial charge in [0.1, 0.15) is 0 Å². The van der Waals surface area contributed by atoms with Crippen LogP contribution in [0.25, 0.3) is 0 Å². The minimum atomic E-state index is 0.405. The van der Waals surface area contributed by atoms with Gasteiger partial charge in [-0.05, 0) is 32.2 Å². The topological polar surface area (TPSA) is 24.5 Å². The lowest BCUT2D eigenvalue weighted by atomic mass is 9.80. The van der Waals surface area contributed by atoms with Crippen molar-refractivity contribution in [2.24, 2.45) is 5.92 Å². The molecule has 2 rings (SSSR count). The standard InChI is InChI=1S/C16H32N2O/c1-4-14(2)13-15(17-3)16(7-5-6-8-16)18-9-11-19-12-10-18/h14-15,17H,4-13H2,1-3H3. The molecule has 0 spiro atoms. The molecule has 1 N–H and O–H groups in total. The Labute approximate surface area is 119 Å². The quantitative estimate of drug-likeness (QED) is 0.801. The van der Waals surface area contributed by atoms with E-state index in [1.807, 2.05) is 0 Å². The highest BCUT2D eigenvalue weighted by Gasteiger charge is 2.45. The van der Waals surface area contributed by atoms with Gasteiger partial charge in [0.15, 0.2) is 0 Å². The smallest absolute Gasteiger partial charge is 0.0594 e. The Balaban J connectivity index is 2.11. The minimum Gasteiger partial charge on any atom is -0.379 e. The van der Waals surface area contributed by atoms with Crippen LogP contribution in [0, 0.1) is 5.92 Å². The zero-order valence-electron chi connectivity index (χ0n) is 13.1. The van der Waals surface area contributed by atoms with Crippen LogP contribution in [0.4, 0.5) is 0 Å². The Morgan fingerprint density at radius 3 is 2.37 bits per heavy atom. The fraction of sp³-hybridized carbons (Fsp3) is 1.00. The number of nitrogens with one attached hydrogen (secondary N) is 1. The van der Waals surface area contributed by atoms with Crippen LogP contribution < -0.4 is 5.32 Å². The van der Waals surface area contributed by atoms with E-state index in [4.69, 9.17) is 4.74 Å². The molecule has 3 heteroatoms.